The SMILES string of the molecule is Cc1ccc(OCC(C)NCc2ncc[nH]2)cc1. The van der Waals surface area contributed by atoms with E-state index in [1.807, 2.05) is 18.3 Å². The summed E-state index contributed by atoms with van der Waals surface area (Å²) in [6.45, 7) is 5.53. The Morgan fingerprint density at radius 1 is 1.33 bits per heavy atom. The van der Waals surface area contributed by atoms with Gasteiger partial charge < -0.3 is 15.0 Å². The van der Waals surface area contributed by atoms with Gasteiger partial charge in [0, 0.05) is 18.4 Å². The van der Waals surface area contributed by atoms with Crippen molar-refractivity contribution in [3.8, 4) is 5.75 Å². The highest BCUT2D eigenvalue weighted by molar-refractivity contribution is 5.26. The van der Waals surface area contributed by atoms with Gasteiger partial charge in [-0.15, -0.1) is 0 Å². The van der Waals surface area contributed by atoms with Crippen molar-refractivity contribution in [2.75, 3.05) is 6.61 Å². The van der Waals surface area contributed by atoms with E-state index in [2.05, 4.69) is 41.3 Å². The van der Waals surface area contributed by atoms with Gasteiger partial charge in [-0.05, 0) is 26.0 Å². The lowest BCUT2D eigenvalue weighted by Gasteiger charge is -2.14. The number of hydrogen-bond acceptors (Lipinski definition) is 3. The van der Waals surface area contributed by atoms with Crippen molar-refractivity contribution in [3.05, 3.63) is 48.0 Å². The van der Waals surface area contributed by atoms with E-state index in [4.69, 9.17) is 4.74 Å². The van der Waals surface area contributed by atoms with E-state index in [-0.39, 0.29) is 6.04 Å². The minimum Gasteiger partial charge on any atom is -0.492 e. The van der Waals surface area contributed by atoms with Gasteiger partial charge in [0.05, 0.1) is 6.54 Å². The average molecular weight is 245 g/mol. The highest BCUT2D eigenvalue weighted by Gasteiger charge is 2.03. The third kappa shape index (κ3) is 3.89. The van der Waals surface area contributed by atoms with Crippen molar-refractivity contribution in [1.29, 1.82) is 0 Å². The lowest BCUT2D eigenvalue weighted by atomic mass is 10.2. The molecule has 0 aliphatic carbocycles. The van der Waals surface area contributed by atoms with Crippen LogP contribution < -0.4 is 10.1 Å². The van der Waals surface area contributed by atoms with Crippen LogP contribution in [0.25, 0.3) is 0 Å². The third-order valence-electron chi connectivity index (χ3n) is 2.69. The van der Waals surface area contributed by atoms with Gasteiger partial charge in [-0.1, -0.05) is 17.7 Å². The van der Waals surface area contributed by atoms with E-state index in [0.29, 0.717) is 6.61 Å². The first kappa shape index (κ1) is 12.6. The summed E-state index contributed by atoms with van der Waals surface area (Å²) < 4.78 is 5.70. The molecule has 2 aromatic rings. The predicted octanol–water partition coefficient (Wildman–Crippen LogP) is 2.28. The Morgan fingerprint density at radius 3 is 2.78 bits per heavy atom. The van der Waals surface area contributed by atoms with E-state index in [1.54, 1.807) is 6.20 Å². The number of hydrogen-bond donors (Lipinski definition) is 2. The zero-order chi connectivity index (χ0) is 12.8. The number of aromatic nitrogens is 2. The topological polar surface area (TPSA) is 49.9 Å². The summed E-state index contributed by atoms with van der Waals surface area (Å²) >= 11 is 0. The van der Waals surface area contributed by atoms with Crippen molar-refractivity contribution < 1.29 is 4.74 Å². The minimum absolute atomic E-state index is 0.274. The van der Waals surface area contributed by atoms with Crippen LogP contribution in [0.2, 0.25) is 0 Å². The number of aryl methyl sites for hydroxylation is 1. The average Bonchev–Trinajstić information content (AvgIpc) is 2.89. The molecule has 0 amide bonds. The standard InChI is InChI=1S/C14H19N3O/c1-11-3-5-13(6-4-11)18-10-12(2)17-9-14-15-7-8-16-14/h3-8,12,17H,9-10H2,1-2H3,(H,15,16). The molecule has 0 aliphatic heterocycles. The molecule has 18 heavy (non-hydrogen) atoms. The van der Waals surface area contributed by atoms with Crippen molar-refractivity contribution in [2.45, 2.75) is 26.4 Å². The summed E-state index contributed by atoms with van der Waals surface area (Å²) in [5, 5.41) is 3.35. The monoisotopic (exact) mass is 245 g/mol. The van der Waals surface area contributed by atoms with Crippen molar-refractivity contribution >= 4 is 0 Å². The van der Waals surface area contributed by atoms with E-state index in [1.165, 1.54) is 5.56 Å². The Balaban J connectivity index is 1.71. The van der Waals surface area contributed by atoms with Crippen LogP contribution in [-0.4, -0.2) is 22.6 Å². The molecule has 0 radical (unpaired) electrons. The fourth-order valence-electron chi connectivity index (χ4n) is 1.58. The van der Waals surface area contributed by atoms with E-state index < -0.39 is 0 Å². The molecule has 0 fully saturated rings. The van der Waals surface area contributed by atoms with Crippen molar-refractivity contribution in [2.24, 2.45) is 0 Å². The molecule has 0 saturated heterocycles. The van der Waals surface area contributed by atoms with Crippen molar-refractivity contribution in [1.82, 2.24) is 15.3 Å². The number of nitrogens with zero attached hydrogens (tertiary/aromatic N) is 1. The molecule has 1 aromatic carbocycles. The molecule has 1 unspecified atom stereocenters. The van der Waals surface area contributed by atoms with Crippen LogP contribution in [0.4, 0.5) is 0 Å². The first-order valence-electron chi connectivity index (χ1n) is 6.15. The number of nitrogens with one attached hydrogen (secondary N) is 2. The molecule has 2 rings (SSSR count). The Morgan fingerprint density at radius 2 is 2.11 bits per heavy atom. The molecule has 2 N–H and O–H groups in total. The second-order valence-corrected chi connectivity index (χ2v) is 4.44. The largest absolute Gasteiger partial charge is 0.492 e. The number of aromatic amines is 1. The van der Waals surface area contributed by atoms with Crippen LogP contribution in [-0.2, 0) is 6.54 Å². The smallest absolute Gasteiger partial charge is 0.120 e. The molecule has 1 aromatic heterocycles. The van der Waals surface area contributed by atoms with Gasteiger partial charge in [0.25, 0.3) is 0 Å². The quantitative estimate of drug-likeness (QED) is 0.821. The van der Waals surface area contributed by atoms with Gasteiger partial charge in [-0.3, -0.25) is 0 Å². The van der Waals surface area contributed by atoms with E-state index in [0.717, 1.165) is 18.1 Å². The summed E-state index contributed by atoms with van der Waals surface area (Å²) in [6.07, 6.45) is 3.58. The van der Waals surface area contributed by atoms with Gasteiger partial charge in [0.2, 0.25) is 0 Å². The fourth-order valence-corrected chi connectivity index (χ4v) is 1.58. The number of benzene rings is 1. The highest BCUT2D eigenvalue weighted by Crippen LogP contribution is 2.11. The Hall–Kier alpha value is -1.81. The normalized spacial score (nSPS) is 12.3. The minimum atomic E-state index is 0.274. The Labute approximate surface area is 107 Å². The summed E-state index contributed by atoms with van der Waals surface area (Å²) in [4.78, 5) is 7.22. The zero-order valence-electron chi connectivity index (χ0n) is 10.8. The van der Waals surface area contributed by atoms with Crippen molar-refractivity contribution in [3.63, 3.8) is 0 Å². The maximum atomic E-state index is 5.70. The second kappa shape index (κ2) is 6.21. The molecule has 1 atom stereocenters. The molecule has 4 heteroatoms. The van der Waals surface area contributed by atoms with Crippen LogP contribution >= 0.6 is 0 Å². The molecule has 0 bridgehead atoms. The second-order valence-electron chi connectivity index (χ2n) is 4.44. The van der Waals surface area contributed by atoms with E-state index >= 15 is 0 Å². The van der Waals surface area contributed by atoms with Gasteiger partial charge in [0.1, 0.15) is 18.2 Å². The maximum absolute atomic E-state index is 5.70. The summed E-state index contributed by atoms with van der Waals surface area (Å²) in [5.74, 6) is 1.85. The van der Waals surface area contributed by atoms with Crippen LogP contribution in [0.3, 0.4) is 0 Å². The zero-order valence-corrected chi connectivity index (χ0v) is 10.8. The number of ether oxygens (including phenoxy) is 1. The first-order valence-corrected chi connectivity index (χ1v) is 6.15. The Kier molecular flexibility index (Phi) is 4.36. The summed E-state index contributed by atoms with van der Waals surface area (Å²) in [5.41, 5.74) is 1.24. The summed E-state index contributed by atoms with van der Waals surface area (Å²) in [6, 6.07) is 8.37. The third-order valence-corrected chi connectivity index (χ3v) is 2.69. The van der Waals surface area contributed by atoms with Gasteiger partial charge >= 0.3 is 0 Å². The molecule has 4 nitrogen and oxygen atoms in total. The van der Waals surface area contributed by atoms with Crippen LogP contribution in [0.5, 0.6) is 5.75 Å². The molecule has 0 aliphatic rings. The molecular formula is C14H19N3O. The highest BCUT2D eigenvalue weighted by atomic mass is 16.5. The molecule has 96 valence electrons. The lowest BCUT2D eigenvalue weighted by Crippen LogP contribution is -2.31. The Bertz CT molecular complexity index is 450. The number of rotatable bonds is 6. The van der Waals surface area contributed by atoms with Crippen LogP contribution in [0, 0.1) is 6.92 Å². The van der Waals surface area contributed by atoms with E-state index in [9.17, 15) is 0 Å². The number of H-pyrrole nitrogens is 1. The fraction of sp³-hybridized carbons (Fsp3) is 0.357. The lowest BCUT2D eigenvalue weighted by molar-refractivity contribution is 0.272. The maximum Gasteiger partial charge on any atom is 0.120 e. The summed E-state index contributed by atoms with van der Waals surface area (Å²) in [7, 11) is 0. The molecule has 0 saturated carbocycles. The van der Waals surface area contributed by atoms with Gasteiger partial charge in [0.15, 0.2) is 0 Å². The van der Waals surface area contributed by atoms with Gasteiger partial charge in [-0.2, -0.15) is 0 Å². The predicted molar refractivity (Wildman–Crippen MR) is 71.6 cm³/mol. The molecule has 1 heterocycles. The van der Waals surface area contributed by atoms with Crippen LogP contribution in [0.15, 0.2) is 36.7 Å². The van der Waals surface area contributed by atoms with Crippen LogP contribution in [0.1, 0.15) is 18.3 Å². The van der Waals surface area contributed by atoms with Gasteiger partial charge in [-0.25, -0.2) is 4.98 Å². The number of imidazole rings is 1. The molecular weight excluding hydrogens is 226 g/mol. The first-order chi connectivity index (χ1) is 8.74. The molecule has 0 spiro atoms.